The number of amides is 2. The zero-order valence-corrected chi connectivity index (χ0v) is 17.7. The Labute approximate surface area is 181 Å². The first-order valence-electron chi connectivity index (χ1n) is 10.9. The second-order valence-corrected chi connectivity index (χ2v) is 7.83. The lowest BCUT2D eigenvalue weighted by molar-refractivity contribution is 0.262. The van der Waals surface area contributed by atoms with Crippen LogP contribution in [-0.2, 0) is 19.3 Å². The topological polar surface area (TPSA) is 71.0 Å². The highest BCUT2D eigenvalue weighted by atomic mass is 19.1. The van der Waals surface area contributed by atoms with Gasteiger partial charge >= 0.3 is 6.03 Å². The standard InChI is InChI=1S/C24H28FN5O/c1-2-3-6-21-16-23(28-24(31)27-20-7-4-5-19(25)15-20)30(29-21)22-9-8-17-10-12-26-13-11-18(17)14-22/h4-5,7-9,14-16,26H,2-3,6,10-13H2,1H3,(H2,27,28,31). The number of nitrogens with one attached hydrogen (secondary N) is 3. The van der Waals surface area contributed by atoms with Crippen molar-refractivity contribution in [2.24, 2.45) is 0 Å². The van der Waals surface area contributed by atoms with Gasteiger partial charge in [-0.25, -0.2) is 13.9 Å². The molecule has 0 unspecified atom stereocenters. The van der Waals surface area contributed by atoms with Crippen LogP contribution in [0.3, 0.4) is 0 Å². The molecule has 2 amide bonds. The Morgan fingerprint density at radius 2 is 1.94 bits per heavy atom. The van der Waals surface area contributed by atoms with Gasteiger partial charge < -0.3 is 10.6 Å². The number of nitrogens with zero attached hydrogens (tertiary/aromatic N) is 2. The minimum absolute atomic E-state index is 0.396. The van der Waals surface area contributed by atoms with E-state index in [0.29, 0.717) is 11.5 Å². The van der Waals surface area contributed by atoms with Crippen molar-refractivity contribution in [1.82, 2.24) is 15.1 Å². The minimum atomic E-state index is -0.437. The first kappa shape index (κ1) is 21.1. The molecule has 1 aliphatic heterocycles. The molecule has 2 aromatic carbocycles. The fraction of sp³-hybridized carbons (Fsp3) is 0.333. The summed E-state index contributed by atoms with van der Waals surface area (Å²) in [4.78, 5) is 12.6. The summed E-state index contributed by atoms with van der Waals surface area (Å²) in [5.74, 6) is 0.191. The van der Waals surface area contributed by atoms with E-state index in [-0.39, 0.29) is 0 Å². The summed E-state index contributed by atoms with van der Waals surface area (Å²) in [5, 5.41) is 13.8. The highest BCUT2D eigenvalue weighted by Crippen LogP contribution is 2.23. The Morgan fingerprint density at radius 1 is 1.10 bits per heavy atom. The van der Waals surface area contributed by atoms with Gasteiger partial charge in [0.1, 0.15) is 11.6 Å². The molecule has 0 fully saturated rings. The van der Waals surface area contributed by atoms with Gasteiger partial charge in [-0.15, -0.1) is 0 Å². The smallest absolute Gasteiger partial charge is 0.316 e. The van der Waals surface area contributed by atoms with Crippen molar-refractivity contribution in [3.05, 3.63) is 71.2 Å². The fourth-order valence-corrected chi connectivity index (χ4v) is 3.83. The SMILES string of the molecule is CCCCc1cc(NC(=O)Nc2cccc(F)c2)n(-c2ccc3c(c2)CCNCC3)n1. The summed E-state index contributed by atoms with van der Waals surface area (Å²) in [7, 11) is 0. The second kappa shape index (κ2) is 9.75. The number of carbonyl (C=O) groups is 1. The van der Waals surface area contributed by atoms with Gasteiger partial charge in [-0.2, -0.15) is 5.10 Å². The number of hydrogen-bond acceptors (Lipinski definition) is 3. The van der Waals surface area contributed by atoms with E-state index in [1.165, 1.54) is 23.3 Å². The van der Waals surface area contributed by atoms with Crippen LogP contribution in [0.25, 0.3) is 5.69 Å². The van der Waals surface area contributed by atoms with Crippen molar-refractivity contribution in [1.29, 1.82) is 0 Å². The van der Waals surface area contributed by atoms with E-state index in [0.717, 1.165) is 56.6 Å². The zero-order chi connectivity index (χ0) is 21.6. The van der Waals surface area contributed by atoms with E-state index in [2.05, 4.69) is 41.1 Å². The zero-order valence-electron chi connectivity index (χ0n) is 17.7. The molecular formula is C24H28FN5O. The van der Waals surface area contributed by atoms with Crippen LogP contribution in [0.5, 0.6) is 0 Å². The van der Waals surface area contributed by atoms with Gasteiger partial charge in [-0.05, 0) is 80.2 Å². The number of urea groups is 1. The van der Waals surface area contributed by atoms with E-state index < -0.39 is 11.8 Å². The summed E-state index contributed by atoms with van der Waals surface area (Å²) in [6, 6.07) is 13.7. The summed E-state index contributed by atoms with van der Waals surface area (Å²) >= 11 is 0. The number of halogens is 1. The first-order valence-corrected chi connectivity index (χ1v) is 10.9. The van der Waals surface area contributed by atoms with Gasteiger partial charge in [0.15, 0.2) is 0 Å². The van der Waals surface area contributed by atoms with Crippen LogP contribution in [-0.4, -0.2) is 28.9 Å². The van der Waals surface area contributed by atoms with Crippen LogP contribution in [0.4, 0.5) is 20.7 Å². The molecule has 4 rings (SSSR count). The summed E-state index contributed by atoms with van der Waals surface area (Å²) in [6.45, 7) is 4.09. The van der Waals surface area contributed by atoms with Gasteiger partial charge in [0.2, 0.25) is 0 Å². The van der Waals surface area contributed by atoms with Crippen molar-refractivity contribution in [3.8, 4) is 5.69 Å². The van der Waals surface area contributed by atoms with E-state index in [1.54, 1.807) is 16.8 Å². The lowest BCUT2D eigenvalue weighted by atomic mass is 10.0. The molecule has 0 saturated carbocycles. The Morgan fingerprint density at radius 3 is 2.74 bits per heavy atom. The molecule has 0 radical (unpaired) electrons. The van der Waals surface area contributed by atoms with Gasteiger partial charge in [-0.1, -0.05) is 25.5 Å². The fourth-order valence-electron chi connectivity index (χ4n) is 3.83. The molecule has 1 aliphatic rings. The largest absolute Gasteiger partial charge is 0.324 e. The molecule has 3 N–H and O–H groups in total. The maximum atomic E-state index is 13.4. The molecule has 162 valence electrons. The third-order valence-corrected chi connectivity index (χ3v) is 5.45. The van der Waals surface area contributed by atoms with Crippen molar-refractivity contribution in [2.75, 3.05) is 23.7 Å². The van der Waals surface area contributed by atoms with Gasteiger partial charge in [0, 0.05) is 11.8 Å². The van der Waals surface area contributed by atoms with E-state index in [4.69, 9.17) is 5.10 Å². The molecule has 0 bridgehead atoms. The first-order chi connectivity index (χ1) is 15.1. The number of hydrogen-bond donors (Lipinski definition) is 3. The predicted molar refractivity (Wildman–Crippen MR) is 121 cm³/mol. The van der Waals surface area contributed by atoms with Crippen molar-refractivity contribution >= 4 is 17.5 Å². The highest BCUT2D eigenvalue weighted by Gasteiger charge is 2.15. The molecule has 0 atom stereocenters. The molecule has 1 aromatic heterocycles. The summed E-state index contributed by atoms with van der Waals surface area (Å²) in [5.41, 5.74) is 4.91. The third kappa shape index (κ3) is 5.30. The number of anilines is 2. The number of fused-ring (bicyclic) bond motifs is 1. The molecule has 6 nitrogen and oxygen atoms in total. The summed E-state index contributed by atoms with van der Waals surface area (Å²) in [6.07, 6.45) is 4.93. The van der Waals surface area contributed by atoms with Crippen molar-refractivity contribution in [3.63, 3.8) is 0 Å². The number of aromatic nitrogens is 2. The van der Waals surface area contributed by atoms with Gasteiger partial charge in [-0.3, -0.25) is 5.32 Å². The Kier molecular flexibility index (Phi) is 6.62. The molecule has 0 aliphatic carbocycles. The Bertz CT molecular complexity index is 1060. The maximum absolute atomic E-state index is 13.4. The molecule has 3 aromatic rings. The maximum Gasteiger partial charge on any atom is 0.324 e. The number of aryl methyl sites for hydroxylation is 1. The molecule has 2 heterocycles. The molecule has 7 heteroatoms. The van der Waals surface area contributed by atoms with E-state index in [9.17, 15) is 9.18 Å². The monoisotopic (exact) mass is 421 g/mol. The van der Waals surface area contributed by atoms with E-state index >= 15 is 0 Å². The van der Waals surface area contributed by atoms with Crippen LogP contribution in [0.2, 0.25) is 0 Å². The average molecular weight is 422 g/mol. The molecule has 0 spiro atoms. The van der Waals surface area contributed by atoms with Crippen molar-refractivity contribution in [2.45, 2.75) is 39.0 Å². The van der Waals surface area contributed by atoms with Crippen LogP contribution in [0.15, 0.2) is 48.5 Å². The predicted octanol–water partition coefficient (Wildman–Crippen LogP) is 4.69. The number of rotatable bonds is 6. The number of benzene rings is 2. The average Bonchev–Trinajstić information content (AvgIpc) is 2.99. The van der Waals surface area contributed by atoms with Gasteiger partial charge in [0.05, 0.1) is 11.4 Å². The lowest BCUT2D eigenvalue weighted by Crippen LogP contribution is -2.21. The Balaban J connectivity index is 1.60. The summed E-state index contributed by atoms with van der Waals surface area (Å²) < 4.78 is 15.2. The quantitative estimate of drug-likeness (QED) is 0.541. The number of carbonyl (C=O) groups excluding carboxylic acids is 1. The van der Waals surface area contributed by atoms with Gasteiger partial charge in [0.25, 0.3) is 0 Å². The second-order valence-electron chi connectivity index (χ2n) is 7.83. The Hall–Kier alpha value is -3.19. The van der Waals surface area contributed by atoms with Crippen molar-refractivity contribution < 1.29 is 9.18 Å². The lowest BCUT2D eigenvalue weighted by Gasteiger charge is -2.12. The molecular weight excluding hydrogens is 393 g/mol. The van der Waals surface area contributed by atoms with Crippen LogP contribution in [0, 0.1) is 5.82 Å². The van der Waals surface area contributed by atoms with E-state index in [1.807, 2.05) is 6.07 Å². The highest BCUT2D eigenvalue weighted by molar-refractivity contribution is 5.99. The van der Waals surface area contributed by atoms with Crippen LogP contribution < -0.4 is 16.0 Å². The molecule has 0 saturated heterocycles. The normalized spacial score (nSPS) is 13.4. The van der Waals surface area contributed by atoms with Crippen LogP contribution >= 0.6 is 0 Å². The minimum Gasteiger partial charge on any atom is -0.316 e. The van der Waals surface area contributed by atoms with Crippen LogP contribution in [0.1, 0.15) is 36.6 Å². The third-order valence-electron chi connectivity index (χ3n) is 5.45. The molecule has 31 heavy (non-hydrogen) atoms. The number of unbranched alkanes of at least 4 members (excludes halogenated alkanes) is 1.